The Kier molecular flexibility index (Phi) is 7.39. The summed E-state index contributed by atoms with van der Waals surface area (Å²) in [6, 6.07) is 1.83. The maximum atomic E-state index is 12.4. The SMILES string of the molecule is CCCC(CC)NS(=O)(=O)c1cc(CNC(C)C)oc1Br. The van der Waals surface area contributed by atoms with Crippen molar-refractivity contribution in [1.82, 2.24) is 10.0 Å². The lowest BCUT2D eigenvalue weighted by molar-refractivity contribution is 0.446. The summed E-state index contributed by atoms with van der Waals surface area (Å²) < 4.78 is 33.3. The highest BCUT2D eigenvalue weighted by molar-refractivity contribution is 9.10. The van der Waals surface area contributed by atoms with Gasteiger partial charge in [-0.3, -0.25) is 0 Å². The van der Waals surface area contributed by atoms with E-state index in [4.69, 9.17) is 4.42 Å². The van der Waals surface area contributed by atoms with Gasteiger partial charge in [-0.05, 0) is 28.8 Å². The Morgan fingerprint density at radius 2 is 2.00 bits per heavy atom. The highest BCUT2D eigenvalue weighted by Gasteiger charge is 2.24. The molecule has 0 radical (unpaired) electrons. The molecule has 0 saturated heterocycles. The minimum atomic E-state index is -3.56. The molecule has 0 aliphatic carbocycles. The zero-order valence-electron chi connectivity index (χ0n) is 13.1. The van der Waals surface area contributed by atoms with Gasteiger partial charge in [-0.2, -0.15) is 0 Å². The standard InChI is InChI=1S/C14H25BrN2O3S/c1-5-7-11(6-2)17-21(18,19)13-8-12(20-14(13)15)9-16-10(3)4/h8,10-11,16-17H,5-7,9H2,1-4H3. The van der Waals surface area contributed by atoms with Crippen molar-refractivity contribution in [2.75, 3.05) is 0 Å². The van der Waals surface area contributed by atoms with E-state index in [1.54, 1.807) is 6.07 Å². The van der Waals surface area contributed by atoms with E-state index >= 15 is 0 Å². The molecule has 1 atom stereocenters. The van der Waals surface area contributed by atoms with E-state index in [9.17, 15) is 8.42 Å². The van der Waals surface area contributed by atoms with Gasteiger partial charge < -0.3 is 9.73 Å². The second-order valence-corrected chi connectivity index (χ2v) is 7.80. The summed E-state index contributed by atoms with van der Waals surface area (Å²) in [6.45, 7) is 8.56. The molecule has 1 heterocycles. The van der Waals surface area contributed by atoms with E-state index in [1.807, 2.05) is 27.7 Å². The number of rotatable bonds is 9. The van der Waals surface area contributed by atoms with Crippen LogP contribution in [-0.4, -0.2) is 20.5 Å². The lowest BCUT2D eigenvalue weighted by atomic mass is 10.1. The van der Waals surface area contributed by atoms with Crippen LogP contribution in [0.2, 0.25) is 0 Å². The molecule has 0 aromatic carbocycles. The Labute approximate surface area is 136 Å². The number of halogens is 1. The van der Waals surface area contributed by atoms with Crippen LogP contribution in [0, 0.1) is 0 Å². The zero-order valence-corrected chi connectivity index (χ0v) is 15.5. The molecule has 0 bridgehead atoms. The summed E-state index contributed by atoms with van der Waals surface area (Å²) in [5.74, 6) is 0.597. The topological polar surface area (TPSA) is 71.3 Å². The second kappa shape index (κ2) is 8.31. The average Bonchev–Trinajstić information content (AvgIpc) is 2.77. The van der Waals surface area contributed by atoms with Gasteiger partial charge in [0.15, 0.2) is 4.67 Å². The predicted molar refractivity (Wildman–Crippen MR) is 87.7 cm³/mol. The Hall–Kier alpha value is -0.370. The van der Waals surface area contributed by atoms with Crippen LogP contribution < -0.4 is 10.0 Å². The Morgan fingerprint density at radius 3 is 2.52 bits per heavy atom. The molecule has 0 fully saturated rings. The normalized spacial score (nSPS) is 13.8. The summed E-state index contributed by atoms with van der Waals surface area (Å²) in [5.41, 5.74) is 0. The Morgan fingerprint density at radius 1 is 1.33 bits per heavy atom. The molecule has 0 aliphatic rings. The van der Waals surface area contributed by atoms with Gasteiger partial charge in [0.05, 0.1) is 6.54 Å². The molecule has 21 heavy (non-hydrogen) atoms. The first kappa shape index (κ1) is 18.7. The van der Waals surface area contributed by atoms with Gasteiger partial charge in [-0.15, -0.1) is 0 Å². The van der Waals surface area contributed by atoms with E-state index in [-0.39, 0.29) is 15.6 Å². The molecule has 0 aliphatic heterocycles. The maximum Gasteiger partial charge on any atom is 0.245 e. The van der Waals surface area contributed by atoms with Gasteiger partial charge in [-0.25, -0.2) is 13.1 Å². The van der Waals surface area contributed by atoms with Crippen molar-refractivity contribution in [3.8, 4) is 0 Å². The molecule has 0 amide bonds. The summed E-state index contributed by atoms with van der Waals surface area (Å²) in [5, 5.41) is 3.20. The number of hydrogen-bond acceptors (Lipinski definition) is 4. The van der Waals surface area contributed by atoms with Crippen molar-refractivity contribution in [3.05, 3.63) is 16.5 Å². The fraction of sp³-hybridized carbons (Fsp3) is 0.714. The molecule has 1 rings (SSSR count). The van der Waals surface area contributed by atoms with Crippen molar-refractivity contribution in [3.63, 3.8) is 0 Å². The first-order chi connectivity index (χ1) is 9.80. The minimum Gasteiger partial charge on any atom is -0.452 e. The van der Waals surface area contributed by atoms with Gasteiger partial charge in [0.1, 0.15) is 10.7 Å². The van der Waals surface area contributed by atoms with E-state index in [2.05, 4.69) is 26.0 Å². The number of nitrogens with one attached hydrogen (secondary N) is 2. The van der Waals surface area contributed by atoms with E-state index in [0.29, 0.717) is 18.3 Å². The third-order valence-corrected chi connectivity index (χ3v) is 5.51. The smallest absolute Gasteiger partial charge is 0.245 e. The van der Waals surface area contributed by atoms with Crippen LogP contribution >= 0.6 is 15.9 Å². The highest BCUT2D eigenvalue weighted by Crippen LogP contribution is 2.26. The van der Waals surface area contributed by atoms with Gasteiger partial charge in [0.2, 0.25) is 10.0 Å². The second-order valence-electron chi connectivity index (χ2n) is 5.40. The van der Waals surface area contributed by atoms with Crippen molar-refractivity contribution >= 4 is 26.0 Å². The number of furan rings is 1. The molecule has 122 valence electrons. The van der Waals surface area contributed by atoms with E-state index in [0.717, 1.165) is 19.3 Å². The summed E-state index contributed by atoms with van der Waals surface area (Å²) in [7, 11) is -3.56. The summed E-state index contributed by atoms with van der Waals surface area (Å²) in [6.07, 6.45) is 2.54. The average molecular weight is 381 g/mol. The van der Waals surface area contributed by atoms with Crippen LogP contribution in [0.15, 0.2) is 20.0 Å². The molecule has 0 spiro atoms. The van der Waals surface area contributed by atoms with Crippen LogP contribution in [0.4, 0.5) is 0 Å². The van der Waals surface area contributed by atoms with Crippen molar-refractivity contribution in [2.45, 2.75) is 70.5 Å². The Balaban J connectivity index is 2.87. The molecule has 1 unspecified atom stereocenters. The highest BCUT2D eigenvalue weighted by atomic mass is 79.9. The van der Waals surface area contributed by atoms with Crippen LogP contribution in [0.3, 0.4) is 0 Å². The van der Waals surface area contributed by atoms with Crippen molar-refractivity contribution in [2.24, 2.45) is 0 Å². The van der Waals surface area contributed by atoms with E-state index < -0.39 is 10.0 Å². The lowest BCUT2D eigenvalue weighted by Gasteiger charge is -2.15. The fourth-order valence-corrected chi connectivity index (χ4v) is 4.30. The summed E-state index contributed by atoms with van der Waals surface area (Å²) >= 11 is 3.20. The minimum absolute atomic E-state index is 0.0426. The maximum absolute atomic E-state index is 12.4. The third-order valence-electron chi connectivity index (χ3n) is 3.13. The van der Waals surface area contributed by atoms with Crippen LogP contribution in [0.5, 0.6) is 0 Å². The van der Waals surface area contributed by atoms with Crippen molar-refractivity contribution in [1.29, 1.82) is 0 Å². The van der Waals surface area contributed by atoms with Crippen LogP contribution in [-0.2, 0) is 16.6 Å². The van der Waals surface area contributed by atoms with Gasteiger partial charge in [0.25, 0.3) is 0 Å². The molecular formula is C14H25BrN2O3S. The molecule has 1 aromatic heterocycles. The molecule has 2 N–H and O–H groups in total. The third kappa shape index (κ3) is 5.73. The molecule has 1 aromatic rings. The fourth-order valence-electron chi connectivity index (χ4n) is 1.95. The monoisotopic (exact) mass is 380 g/mol. The predicted octanol–water partition coefficient (Wildman–Crippen LogP) is 3.40. The Bertz CT molecular complexity index is 540. The molecule has 5 nitrogen and oxygen atoms in total. The van der Waals surface area contributed by atoms with Gasteiger partial charge in [0, 0.05) is 18.2 Å². The largest absolute Gasteiger partial charge is 0.452 e. The quantitative estimate of drug-likeness (QED) is 0.688. The number of hydrogen-bond donors (Lipinski definition) is 2. The van der Waals surface area contributed by atoms with Crippen LogP contribution in [0.25, 0.3) is 0 Å². The summed E-state index contributed by atoms with van der Waals surface area (Å²) in [4.78, 5) is 0.164. The lowest BCUT2D eigenvalue weighted by Crippen LogP contribution is -2.34. The van der Waals surface area contributed by atoms with Crippen LogP contribution in [0.1, 0.15) is 52.7 Å². The molecule has 0 saturated carbocycles. The number of sulfonamides is 1. The molecular weight excluding hydrogens is 356 g/mol. The molecule has 7 heteroatoms. The van der Waals surface area contributed by atoms with Crippen molar-refractivity contribution < 1.29 is 12.8 Å². The van der Waals surface area contributed by atoms with Gasteiger partial charge in [-0.1, -0.05) is 34.1 Å². The first-order valence-corrected chi connectivity index (χ1v) is 9.61. The zero-order chi connectivity index (χ0) is 16.0. The van der Waals surface area contributed by atoms with Gasteiger partial charge >= 0.3 is 0 Å². The van der Waals surface area contributed by atoms with E-state index in [1.165, 1.54) is 0 Å². The first-order valence-electron chi connectivity index (χ1n) is 7.34.